The zero-order chi connectivity index (χ0) is 23.0. The number of terminal acetylenes is 1. The van der Waals surface area contributed by atoms with Crippen LogP contribution >= 0.6 is 0 Å². The normalized spacial score (nSPS) is 12.8. The Labute approximate surface area is 187 Å². The second-order valence-electron chi connectivity index (χ2n) is 9.47. The fourth-order valence-corrected chi connectivity index (χ4v) is 5.73. The lowest BCUT2D eigenvalue weighted by molar-refractivity contribution is 0.292. The molecule has 0 radical (unpaired) electrons. The van der Waals surface area contributed by atoms with Crippen LogP contribution in [0.25, 0.3) is 10.9 Å². The maximum atomic E-state index is 13.4. The summed E-state index contributed by atoms with van der Waals surface area (Å²) in [6.45, 7) is 13.5. The van der Waals surface area contributed by atoms with Gasteiger partial charge in [0, 0.05) is 23.8 Å². The topological polar surface area (TPSA) is 48.3 Å². The first-order chi connectivity index (χ1) is 14.4. The average molecular weight is 454 g/mol. The van der Waals surface area contributed by atoms with Crippen LogP contribution in [0.15, 0.2) is 53.6 Å². The van der Waals surface area contributed by atoms with Crippen LogP contribution in [-0.4, -0.2) is 27.3 Å². The molecule has 0 bridgehead atoms. The van der Waals surface area contributed by atoms with Crippen molar-refractivity contribution in [3.8, 4) is 12.3 Å². The van der Waals surface area contributed by atoms with Gasteiger partial charge in [-0.1, -0.05) is 50.5 Å². The first kappa shape index (κ1) is 23.3. The minimum absolute atomic E-state index is 0.111. The van der Waals surface area contributed by atoms with Crippen LogP contribution in [0, 0.1) is 19.3 Å². The van der Waals surface area contributed by atoms with Crippen molar-refractivity contribution < 1.29 is 12.8 Å². The number of nitrogens with zero attached hydrogens (tertiary/aromatic N) is 1. The molecule has 0 saturated heterocycles. The van der Waals surface area contributed by atoms with E-state index in [1.54, 1.807) is 42.6 Å². The highest BCUT2D eigenvalue weighted by Crippen LogP contribution is 2.37. The Morgan fingerprint density at radius 1 is 1.10 bits per heavy atom. The molecule has 0 atom stereocenters. The first-order valence-electron chi connectivity index (χ1n) is 10.4. The predicted molar refractivity (Wildman–Crippen MR) is 130 cm³/mol. The summed E-state index contributed by atoms with van der Waals surface area (Å²) in [6, 6.07) is 12.3. The Morgan fingerprint density at radius 2 is 1.74 bits per heavy atom. The summed E-state index contributed by atoms with van der Waals surface area (Å²) < 4.78 is 34.5. The Balaban J connectivity index is 2.06. The van der Waals surface area contributed by atoms with Crippen LogP contribution in [0.3, 0.4) is 0 Å². The minimum Gasteiger partial charge on any atom is -0.416 e. The van der Waals surface area contributed by atoms with Crippen molar-refractivity contribution in [2.45, 2.75) is 57.1 Å². The molecule has 0 fully saturated rings. The van der Waals surface area contributed by atoms with Crippen molar-refractivity contribution >= 4 is 29.2 Å². The van der Waals surface area contributed by atoms with Crippen molar-refractivity contribution in [3.05, 3.63) is 65.4 Å². The molecule has 0 aliphatic heterocycles. The molecule has 2 aromatic carbocycles. The van der Waals surface area contributed by atoms with Gasteiger partial charge in [-0.05, 0) is 61.3 Å². The monoisotopic (exact) mass is 453 g/mol. The molecular formula is C25H31NO3SSi. The van der Waals surface area contributed by atoms with Crippen molar-refractivity contribution in [2.75, 3.05) is 6.61 Å². The van der Waals surface area contributed by atoms with Gasteiger partial charge in [0.2, 0.25) is 0 Å². The molecule has 3 aromatic rings. The quantitative estimate of drug-likeness (QED) is 0.354. The Morgan fingerprint density at radius 3 is 2.32 bits per heavy atom. The summed E-state index contributed by atoms with van der Waals surface area (Å²) in [5, 5.41) is 0.916. The molecule has 31 heavy (non-hydrogen) atoms. The molecular weight excluding hydrogens is 422 g/mol. The van der Waals surface area contributed by atoms with Crippen LogP contribution in [0.4, 0.5) is 0 Å². The van der Waals surface area contributed by atoms with Crippen LogP contribution in [0.2, 0.25) is 18.1 Å². The number of rotatable bonds is 6. The molecule has 0 unspecified atom stereocenters. The largest absolute Gasteiger partial charge is 0.416 e. The van der Waals surface area contributed by atoms with E-state index in [1.165, 1.54) is 3.97 Å². The maximum Gasteiger partial charge on any atom is 0.268 e. The summed E-state index contributed by atoms with van der Waals surface area (Å²) in [6.07, 6.45) is 8.05. The highest BCUT2D eigenvalue weighted by atomic mass is 32.2. The molecule has 0 amide bonds. The Hall–Kier alpha value is -2.33. The van der Waals surface area contributed by atoms with Crippen LogP contribution < -0.4 is 0 Å². The third kappa shape index (κ3) is 4.50. The number of benzene rings is 2. The lowest BCUT2D eigenvalue weighted by atomic mass is 10.1. The third-order valence-corrected chi connectivity index (χ3v) is 12.5. The van der Waals surface area contributed by atoms with E-state index in [2.05, 4.69) is 39.8 Å². The molecule has 0 aliphatic rings. The first-order valence-corrected chi connectivity index (χ1v) is 14.8. The predicted octanol–water partition coefficient (Wildman–Crippen LogP) is 5.73. The van der Waals surface area contributed by atoms with Gasteiger partial charge in [0.1, 0.15) is 0 Å². The third-order valence-electron chi connectivity index (χ3n) is 6.25. The van der Waals surface area contributed by atoms with E-state index in [4.69, 9.17) is 10.8 Å². The minimum atomic E-state index is -3.75. The Kier molecular flexibility index (Phi) is 6.25. The van der Waals surface area contributed by atoms with Gasteiger partial charge < -0.3 is 4.43 Å². The fourth-order valence-electron chi connectivity index (χ4n) is 3.30. The zero-order valence-electron chi connectivity index (χ0n) is 19.2. The van der Waals surface area contributed by atoms with Crippen molar-refractivity contribution in [2.24, 2.45) is 0 Å². The molecule has 1 heterocycles. The smallest absolute Gasteiger partial charge is 0.268 e. The van der Waals surface area contributed by atoms with E-state index in [9.17, 15) is 8.42 Å². The number of hydrogen-bond donors (Lipinski definition) is 0. The molecule has 6 heteroatoms. The van der Waals surface area contributed by atoms with E-state index >= 15 is 0 Å². The van der Waals surface area contributed by atoms with Crippen LogP contribution in [0.1, 0.15) is 37.5 Å². The molecule has 0 N–H and O–H groups in total. The molecule has 0 spiro atoms. The second kappa shape index (κ2) is 8.31. The summed E-state index contributed by atoms with van der Waals surface area (Å²) in [5.74, 6) is 2.71. The summed E-state index contributed by atoms with van der Waals surface area (Å²) in [5.41, 5.74) is 3.18. The van der Waals surface area contributed by atoms with Gasteiger partial charge in [-0.15, -0.1) is 6.42 Å². The summed E-state index contributed by atoms with van der Waals surface area (Å²) in [7, 11) is -5.65. The molecule has 0 aliphatic carbocycles. The number of aryl methyl sites for hydroxylation is 1. The molecule has 0 saturated carbocycles. The number of fused-ring (bicyclic) bond motifs is 1. The van der Waals surface area contributed by atoms with E-state index < -0.39 is 18.3 Å². The number of hydrogen-bond acceptors (Lipinski definition) is 3. The highest BCUT2D eigenvalue weighted by Gasteiger charge is 2.37. The summed E-state index contributed by atoms with van der Waals surface area (Å²) >= 11 is 0. The van der Waals surface area contributed by atoms with Gasteiger partial charge in [0.15, 0.2) is 8.32 Å². The van der Waals surface area contributed by atoms with Gasteiger partial charge in [0.25, 0.3) is 10.0 Å². The van der Waals surface area contributed by atoms with Crippen molar-refractivity contribution in [1.82, 2.24) is 3.97 Å². The summed E-state index contributed by atoms with van der Waals surface area (Å²) in [4.78, 5) is 0.255. The van der Waals surface area contributed by atoms with E-state index in [1.807, 2.05) is 13.0 Å². The SMILES string of the molecule is C#Cc1cccc2c1c(CCO[Si](C)(C)C(C)(C)C)cn2S(=O)(=O)c1ccc(C)cc1. The highest BCUT2D eigenvalue weighted by molar-refractivity contribution is 7.90. The van der Waals surface area contributed by atoms with E-state index in [0.29, 0.717) is 24.1 Å². The van der Waals surface area contributed by atoms with Gasteiger partial charge in [-0.2, -0.15) is 0 Å². The average Bonchev–Trinajstić information content (AvgIpc) is 3.07. The zero-order valence-corrected chi connectivity index (χ0v) is 21.0. The van der Waals surface area contributed by atoms with Crippen molar-refractivity contribution in [3.63, 3.8) is 0 Å². The van der Waals surface area contributed by atoms with Gasteiger partial charge in [-0.25, -0.2) is 12.4 Å². The van der Waals surface area contributed by atoms with Crippen molar-refractivity contribution in [1.29, 1.82) is 0 Å². The molecule has 3 rings (SSSR count). The lowest BCUT2D eigenvalue weighted by Crippen LogP contribution is -2.41. The van der Waals surface area contributed by atoms with E-state index in [0.717, 1.165) is 16.5 Å². The molecule has 1 aromatic heterocycles. The van der Waals surface area contributed by atoms with Gasteiger partial charge in [-0.3, -0.25) is 0 Å². The molecule has 4 nitrogen and oxygen atoms in total. The molecule has 164 valence electrons. The van der Waals surface area contributed by atoms with Gasteiger partial charge in [0.05, 0.1) is 10.4 Å². The van der Waals surface area contributed by atoms with E-state index in [-0.39, 0.29) is 9.93 Å². The lowest BCUT2D eigenvalue weighted by Gasteiger charge is -2.36. The van der Waals surface area contributed by atoms with Gasteiger partial charge >= 0.3 is 0 Å². The Bertz CT molecular complexity index is 1240. The number of aromatic nitrogens is 1. The standard InChI is InChI=1S/C25H31NO3SSi/c1-8-20-10-9-11-23-24(20)21(16-17-29-31(6,7)25(3,4)5)18-26(23)30(27,28)22-14-12-19(2)13-15-22/h1,9-15,18H,16-17H2,2-7H3. The second-order valence-corrected chi connectivity index (χ2v) is 16.1. The fraction of sp³-hybridized carbons (Fsp3) is 0.360. The maximum absolute atomic E-state index is 13.4. The van der Waals surface area contributed by atoms with Crippen LogP contribution in [-0.2, 0) is 20.9 Å². The van der Waals surface area contributed by atoms with Crippen LogP contribution in [0.5, 0.6) is 0 Å².